The highest BCUT2D eigenvalue weighted by Crippen LogP contribution is 2.26. The van der Waals surface area contributed by atoms with Crippen LogP contribution in [0.15, 0.2) is 22.7 Å². The number of ether oxygens (including phenoxy) is 1. The Balaban J connectivity index is 2.01. The number of hydrogen-bond acceptors (Lipinski definition) is 3. The summed E-state index contributed by atoms with van der Waals surface area (Å²) in [6.45, 7) is 6.13. The van der Waals surface area contributed by atoms with Gasteiger partial charge in [-0.05, 0) is 34.1 Å². The van der Waals surface area contributed by atoms with Crippen molar-refractivity contribution in [3.63, 3.8) is 0 Å². The van der Waals surface area contributed by atoms with E-state index in [2.05, 4.69) is 15.9 Å². The second-order valence-electron chi connectivity index (χ2n) is 5.62. The molecule has 0 spiro atoms. The van der Waals surface area contributed by atoms with E-state index >= 15 is 0 Å². The van der Waals surface area contributed by atoms with Crippen LogP contribution < -0.4 is 4.74 Å². The summed E-state index contributed by atoms with van der Waals surface area (Å²) in [5, 5.41) is 0. The molecule has 0 aliphatic carbocycles. The molecule has 5 nitrogen and oxygen atoms in total. The predicted molar refractivity (Wildman–Crippen MR) is 88.0 cm³/mol. The van der Waals surface area contributed by atoms with Crippen molar-refractivity contribution >= 4 is 27.7 Å². The van der Waals surface area contributed by atoms with Crippen LogP contribution in [0, 0.1) is 5.92 Å². The summed E-state index contributed by atoms with van der Waals surface area (Å²) >= 11 is 3.40. The maximum absolute atomic E-state index is 12.5. The topological polar surface area (TPSA) is 49.9 Å². The van der Waals surface area contributed by atoms with Crippen LogP contribution in [0.1, 0.15) is 24.2 Å². The molecule has 2 rings (SSSR count). The van der Waals surface area contributed by atoms with E-state index in [1.807, 2.05) is 18.7 Å². The van der Waals surface area contributed by atoms with Crippen molar-refractivity contribution in [2.24, 2.45) is 5.92 Å². The highest BCUT2D eigenvalue weighted by atomic mass is 79.9. The number of piperazine rings is 1. The third kappa shape index (κ3) is 3.61. The van der Waals surface area contributed by atoms with Gasteiger partial charge in [0.25, 0.3) is 5.91 Å². The molecule has 0 aromatic heterocycles. The molecule has 1 aliphatic rings. The monoisotopic (exact) mass is 368 g/mol. The minimum absolute atomic E-state index is 0.000190. The van der Waals surface area contributed by atoms with Gasteiger partial charge in [0.05, 0.1) is 11.6 Å². The number of halogens is 1. The second-order valence-corrected chi connectivity index (χ2v) is 6.48. The lowest BCUT2D eigenvalue weighted by molar-refractivity contribution is -0.135. The zero-order valence-corrected chi connectivity index (χ0v) is 14.7. The zero-order valence-electron chi connectivity index (χ0n) is 13.1. The van der Waals surface area contributed by atoms with Gasteiger partial charge in [-0.3, -0.25) is 9.59 Å². The smallest absolute Gasteiger partial charge is 0.254 e. The van der Waals surface area contributed by atoms with Crippen LogP contribution in [0.5, 0.6) is 5.75 Å². The molecule has 1 heterocycles. The third-order valence-electron chi connectivity index (χ3n) is 3.77. The maximum Gasteiger partial charge on any atom is 0.254 e. The standard InChI is InChI=1S/C16H21BrN2O3/c1-11(2)15(20)18-6-8-19(9-7-18)16(21)12-4-5-14(22-3)13(17)10-12/h4-5,10-11H,6-9H2,1-3H3. The minimum Gasteiger partial charge on any atom is -0.496 e. The molecule has 0 N–H and O–H groups in total. The van der Waals surface area contributed by atoms with Crippen LogP contribution in [0.2, 0.25) is 0 Å². The van der Waals surface area contributed by atoms with Crippen molar-refractivity contribution in [1.82, 2.24) is 9.80 Å². The molecule has 0 saturated carbocycles. The van der Waals surface area contributed by atoms with Crippen LogP contribution in [-0.4, -0.2) is 54.9 Å². The van der Waals surface area contributed by atoms with Crippen LogP contribution in [0.4, 0.5) is 0 Å². The molecule has 2 amide bonds. The van der Waals surface area contributed by atoms with E-state index in [1.54, 1.807) is 30.2 Å². The Labute approximate surface area is 139 Å². The number of carbonyl (C=O) groups excluding carboxylic acids is 2. The number of methoxy groups -OCH3 is 1. The van der Waals surface area contributed by atoms with Gasteiger partial charge in [0.1, 0.15) is 5.75 Å². The fourth-order valence-corrected chi connectivity index (χ4v) is 3.02. The molecule has 22 heavy (non-hydrogen) atoms. The van der Waals surface area contributed by atoms with Gasteiger partial charge in [-0.1, -0.05) is 13.8 Å². The third-order valence-corrected chi connectivity index (χ3v) is 4.39. The van der Waals surface area contributed by atoms with Gasteiger partial charge in [-0.25, -0.2) is 0 Å². The Morgan fingerprint density at radius 2 is 1.73 bits per heavy atom. The Morgan fingerprint density at radius 1 is 1.14 bits per heavy atom. The molecule has 1 aromatic carbocycles. The molecule has 1 aromatic rings. The normalized spacial score (nSPS) is 15.1. The summed E-state index contributed by atoms with van der Waals surface area (Å²) in [6, 6.07) is 5.31. The van der Waals surface area contributed by atoms with Crippen LogP contribution >= 0.6 is 15.9 Å². The number of nitrogens with zero attached hydrogens (tertiary/aromatic N) is 2. The summed E-state index contributed by atoms with van der Waals surface area (Å²) < 4.78 is 5.93. The van der Waals surface area contributed by atoms with Gasteiger partial charge >= 0.3 is 0 Å². The first-order chi connectivity index (χ1) is 10.4. The van der Waals surface area contributed by atoms with E-state index in [9.17, 15) is 9.59 Å². The molecule has 1 saturated heterocycles. The van der Waals surface area contributed by atoms with Crippen molar-refractivity contribution in [1.29, 1.82) is 0 Å². The fourth-order valence-electron chi connectivity index (χ4n) is 2.48. The van der Waals surface area contributed by atoms with Crippen LogP contribution in [0.25, 0.3) is 0 Å². The Bertz CT molecular complexity index is 567. The van der Waals surface area contributed by atoms with E-state index in [0.717, 1.165) is 4.47 Å². The van der Waals surface area contributed by atoms with E-state index in [1.165, 1.54) is 0 Å². The highest BCUT2D eigenvalue weighted by molar-refractivity contribution is 9.10. The lowest BCUT2D eigenvalue weighted by Gasteiger charge is -2.35. The first-order valence-electron chi connectivity index (χ1n) is 7.35. The predicted octanol–water partition coefficient (Wildman–Crippen LogP) is 2.40. The molecular formula is C16H21BrN2O3. The Hall–Kier alpha value is -1.56. The van der Waals surface area contributed by atoms with Crippen molar-refractivity contribution in [3.05, 3.63) is 28.2 Å². The van der Waals surface area contributed by atoms with Crippen LogP contribution in [0.3, 0.4) is 0 Å². The summed E-state index contributed by atoms with van der Waals surface area (Å²) in [4.78, 5) is 28.1. The summed E-state index contributed by atoms with van der Waals surface area (Å²) in [5.74, 6) is 0.836. The quantitative estimate of drug-likeness (QED) is 0.822. The first kappa shape index (κ1) is 16.8. The van der Waals surface area contributed by atoms with Crippen molar-refractivity contribution in [3.8, 4) is 5.75 Å². The number of rotatable bonds is 3. The summed E-state index contributed by atoms with van der Waals surface area (Å²) in [5.41, 5.74) is 0.622. The molecule has 1 fully saturated rings. The number of benzene rings is 1. The maximum atomic E-state index is 12.5. The average Bonchev–Trinajstić information content (AvgIpc) is 2.53. The molecule has 1 aliphatic heterocycles. The van der Waals surface area contributed by atoms with Gasteiger partial charge in [0, 0.05) is 37.7 Å². The molecular weight excluding hydrogens is 348 g/mol. The van der Waals surface area contributed by atoms with Gasteiger partial charge in [0.2, 0.25) is 5.91 Å². The van der Waals surface area contributed by atoms with Gasteiger partial charge < -0.3 is 14.5 Å². The Morgan fingerprint density at radius 3 is 2.23 bits per heavy atom. The molecule has 0 bridgehead atoms. The lowest BCUT2D eigenvalue weighted by atomic mass is 10.1. The second kappa shape index (κ2) is 7.13. The van der Waals surface area contributed by atoms with Crippen molar-refractivity contribution in [2.45, 2.75) is 13.8 Å². The lowest BCUT2D eigenvalue weighted by Crippen LogP contribution is -2.51. The molecule has 6 heteroatoms. The Kier molecular flexibility index (Phi) is 5.45. The van der Waals surface area contributed by atoms with Crippen molar-refractivity contribution in [2.75, 3.05) is 33.3 Å². The van der Waals surface area contributed by atoms with E-state index in [0.29, 0.717) is 37.5 Å². The fraction of sp³-hybridized carbons (Fsp3) is 0.500. The molecule has 120 valence electrons. The van der Waals surface area contributed by atoms with E-state index in [4.69, 9.17) is 4.74 Å². The highest BCUT2D eigenvalue weighted by Gasteiger charge is 2.26. The minimum atomic E-state index is -0.0139. The number of amides is 2. The molecule has 0 unspecified atom stereocenters. The van der Waals surface area contributed by atoms with Gasteiger partial charge in [-0.2, -0.15) is 0 Å². The SMILES string of the molecule is COc1ccc(C(=O)N2CCN(C(=O)C(C)C)CC2)cc1Br. The summed E-state index contributed by atoms with van der Waals surface area (Å²) in [7, 11) is 1.59. The van der Waals surface area contributed by atoms with E-state index in [-0.39, 0.29) is 17.7 Å². The summed E-state index contributed by atoms with van der Waals surface area (Å²) in [6.07, 6.45) is 0. The largest absolute Gasteiger partial charge is 0.496 e. The zero-order chi connectivity index (χ0) is 16.3. The van der Waals surface area contributed by atoms with Gasteiger partial charge in [0.15, 0.2) is 0 Å². The number of carbonyl (C=O) groups is 2. The van der Waals surface area contributed by atoms with Gasteiger partial charge in [-0.15, -0.1) is 0 Å². The molecule has 0 atom stereocenters. The number of hydrogen-bond donors (Lipinski definition) is 0. The van der Waals surface area contributed by atoms with E-state index < -0.39 is 0 Å². The molecule has 0 radical (unpaired) electrons. The van der Waals surface area contributed by atoms with Crippen LogP contribution in [-0.2, 0) is 4.79 Å². The van der Waals surface area contributed by atoms with Crippen molar-refractivity contribution < 1.29 is 14.3 Å². The first-order valence-corrected chi connectivity index (χ1v) is 8.15. The average molecular weight is 369 g/mol.